The molecule has 302 valence electrons. The van der Waals surface area contributed by atoms with Crippen LogP contribution in [0.5, 0.6) is 23.0 Å². The summed E-state index contributed by atoms with van der Waals surface area (Å²) in [5, 5.41) is 46.2. The van der Waals surface area contributed by atoms with Crippen molar-refractivity contribution in [2.45, 2.75) is 130 Å². The molecule has 8 bridgehead atoms. The maximum Gasteiger partial charge on any atom is 0.343 e. The van der Waals surface area contributed by atoms with Crippen LogP contribution in [0.3, 0.4) is 0 Å². The average Bonchev–Trinajstić information content (AvgIpc) is 3.11. The molecule has 0 heterocycles. The minimum Gasteiger partial charge on any atom is -0.507 e. The summed E-state index contributed by atoms with van der Waals surface area (Å²) in [6.45, 7) is 25.7. The maximum absolute atomic E-state index is 14.1. The van der Waals surface area contributed by atoms with Crippen molar-refractivity contribution in [3.8, 4) is 29.1 Å². The summed E-state index contributed by atoms with van der Waals surface area (Å²) in [4.78, 5) is 14.1. The molecule has 58 heavy (non-hydrogen) atoms. The van der Waals surface area contributed by atoms with Gasteiger partial charge in [0.2, 0.25) is 0 Å². The molecule has 0 aromatic heterocycles. The van der Waals surface area contributed by atoms with Crippen molar-refractivity contribution in [2.24, 2.45) is 0 Å². The van der Waals surface area contributed by atoms with Crippen LogP contribution in [0, 0.1) is 11.3 Å². The molecule has 5 aromatic carbocycles. The van der Waals surface area contributed by atoms with Gasteiger partial charge in [0.15, 0.2) is 0 Å². The second kappa shape index (κ2) is 15.0. The second-order valence-corrected chi connectivity index (χ2v) is 20.3. The molecule has 0 saturated carbocycles. The Bertz CT molecular complexity index is 2350. The molecule has 0 amide bonds. The molecule has 6 rings (SSSR count). The van der Waals surface area contributed by atoms with Crippen molar-refractivity contribution in [1.29, 1.82) is 5.26 Å². The van der Waals surface area contributed by atoms with Crippen LogP contribution >= 0.6 is 0 Å². The fourth-order valence-electron chi connectivity index (χ4n) is 7.66. The van der Waals surface area contributed by atoms with E-state index in [1.165, 1.54) is 6.07 Å². The van der Waals surface area contributed by atoms with E-state index in [1.54, 1.807) is 18.2 Å². The number of phenolic OH excluding ortho intramolecular Hbond substituents is 3. The Kier molecular flexibility index (Phi) is 10.9. The summed E-state index contributed by atoms with van der Waals surface area (Å²) < 4.78 is 6.44. The van der Waals surface area contributed by atoms with E-state index in [0.29, 0.717) is 55.8 Å². The highest BCUT2D eigenvalue weighted by Gasteiger charge is 2.29. The number of esters is 1. The number of carbonyl (C=O) groups is 1. The number of phenols is 3. The largest absolute Gasteiger partial charge is 0.507 e. The Labute approximate surface area is 345 Å². The number of hydrogen-bond acceptors (Lipinski definition) is 6. The van der Waals surface area contributed by atoms with E-state index in [1.807, 2.05) is 36.4 Å². The van der Waals surface area contributed by atoms with Gasteiger partial charge >= 0.3 is 5.97 Å². The molecule has 3 N–H and O–H groups in total. The summed E-state index contributed by atoms with van der Waals surface area (Å²) in [6.07, 6.45) is 1.02. The van der Waals surface area contributed by atoms with Crippen LogP contribution in [0.1, 0.15) is 166 Å². The lowest BCUT2D eigenvalue weighted by Gasteiger charge is -2.27. The van der Waals surface area contributed by atoms with Crippen LogP contribution in [0.4, 0.5) is 0 Å². The molecule has 5 aromatic rings. The van der Waals surface area contributed by atoms with Crippen molar-refractivity contribution in [3.63, 3.8) is 0 Å². The highest BCUT2D eigenvalue weighted by molar-refractivity contribution is 5.92. The van der Waals surface area contributed by atoms with Crippen LogP contribution in [0.2, 0.25) is 0 Å². The molecule has 0 radical (unpaired) electrons. The van der Waals surface area contributed by atoms with Crippen LogP contribution in [-0.2, 0) is 47.3 Å². The molecule has 0 spiro atoms. The lowest BCUT2D eigenvalue weighted by atomic mass is 9.79. The van der Waals surface area contributed by atoms with E-state index in [9.17, 15) is 25.4 Å². The van der Waals surface area contributed by atoms with Crippen molar-refractivity contribution < 1.29 is 24.9 Å². The van der Waals surface area contributed by atoms with Gasteiger partial charge in [0, 0.05) is 36.8 Å². The smallest absolute Gasteiger partial charge is 0.343 e. The van der Waals surface area contributed by atoms with Gasteiger partial charge in [0.25, 0.3) is 0 Å². The van der Waals surface area contributed by atoms with Gasteiger partial charge in [-0.2, -0.15) is 5.26 Å². The Morgan fingerprint density at radius 3 is 1.09 bits per heavy atom. The van der Waals surface area contributed by atoms with Crippen molar-refractivity contribution in [3.05, 3.63) is 151 Å². The third-order valence-corrected chi connectivity index (χ3v) is 11.5. The zero-order valence-electron chi connectivity index (χ0n) is 36.4. The summed E-state index contributed by atoms with van der Waals surface area (Å²) in [6, 6.07) is 24.9. The molecule has 0 unspecified atom stereocenters. The van der Waals surface area contributed by atoms with Crippen molar-refractivity contribution in [1.82, 2.24) is 0 Å². The normalized spacial score (nSPS) is 13.5. The third kappa shape index (κ3) is 8.80. The highest BCUT2D eigenvalue weighted by Crippen LogP contribution is 2.43. The van der Waals surface area contributed by atoms with Gasteiger partial charge in [-0.3, -0.25) is 0 Å². The van der Waals surface area contributed by atoms with E-state index in [-0.39, 0.29) is 70.2 Å². The van der Waals surface area contributed by atoms with Crippen LogP contribution in [-0.4, -0.2) is 21.3 Å². The number of hydrogen-bond donors (Lipinski definition) is 3. The number of nitrogens with zero attached hydrogens (tertiary/aromatic N) is 1. The first kappa shape index (κ1) is 42.1. The highest BCUT2D eigenvalue weighted by atomic mass is 16.5. The number of rotatable bonds is 2. The minimum absolute atomic E-state index is 0.126. The molecule has 1 aliphatic rings. The second-order valence-electron chi connectivity index (χ2n) is 20.3. The molecule has 6 nitrogen and oxygen atoms in total. The lowest BCUT2D eigenvalue weighted by Crippen LogP contribution is -2.17. The maximum atomic E-state index is 14.1. The number of benzene rings is 5. The first-order chi connectivity index (χ1) is 26.8. The number of nitriles is 1. The Morgan fingerprint density at radius 2 is 0.793 bits per heavy atom. The van der Waals surface area contributed by atoms with Crippen molar-refractivity contribution >= 4 is 5.97 Å². The zero-order chi connectivity index (χ0) is 42.7. The van der Waals surface area contributed by atoms with Gasteiger partial charge in [0.05, 0.1) is 17.2 Å². The monoisotopic (exact) mass is 777 g/mol. The topological polar surface area (TPSA) is 111 Å². The predicted octanol–water partition coefficient (Wildman–Crippen LogP) is 11.8. The SMILES string of the molecule is CC(C)(C)c1cc2c(O)c(c1)Cc1cc(C(C)(C)C)cc(c1O)Cc1cc(C(C)(C)C)cc(c1OC(=O)c1cccc(C#N)c1)Cc1cc(C(C)(C)C)cc(c1O)C2. The third-order valence-electron chi connectivity index (χ3n) is 11.5. The molecule has 0 atom stereocenters. The first-order valence-electron chi connectivity index (χ1n) is 20.3. The average molecular weight is 778 g/mol. The van der Waals surface area contributed by atoms with Crippen LogP contribution < -0.4 is 4.74 Å². The zero-order valence-corrected chi connectivity index (χ0v) is 36.4. The summed E-state index contributed by atoms with van der Waals surface area (Å²) in [5.74, 6) is 0.152. The van der Waals surface area contributed by atoms with E-state index < -0.39 is 5.97 Å². The van der Waals surface area contributed by atoms with Crippen molar-refractivity contribution in [2.75, 3.05) is 0 Å². The summed E-state index contributed by atoms with van der Waals surface area (Å²) >= 11 is 0. The van der Waals surface area contributed by atoms with Crippen LogP contribution in [0.15, 0.2) is 72.8 Å². The number of aromatic hydroxyl groups is 3. The molecule has 1 aliphatic carbocycles. The summed E-state index contributed by atoms with van der Waals surface area (Å²) in [5.41, 5.74) is 9.10. The van der Waals surface area contributed by atoms with E-state index in [2.05, 4.69) is 101 Å². The molecule has 0 fully saturated rings. The van der Waals surface area contributed by atoms with Gasteiger partial charge in [-0.15, -0.1) is 0 Å². The summed E-state index contributed by atoms with van der Waals surface area (Å²) in [7, 11) is 0. The van der Waals surface area contributed by atoms with Gasteiger partial charge < -0.3 is 20.1 Å². The lowest BCUT2D eigenvalue weighted by molar-refractivity contribution is 0.0731. The standard InChI is InChI=1S/C52H59NO5/c1-49(2,3)40-21-32-17-34-23-41(50(4,5)6)25-36(45(34)55)19-38-27-43(52(10,11)12)28-39(47(38)58-48(57)31-15-13-14-30(16-31)29-53)20-37-26-42(51(7,8)9)24-35(46(37)56)18-33(22-40)44(32)54/h13-16,21-28,54-56H,17-20H2,1-12H3. The van der Waals surface area contributed by atoms with Gasteiger partial charge in [-0.05, 0) is 95.5 Å². The van der Waals surface area contributed by atoms with E-state index >= 15 is 0 Å². The Morgan fingerprint density at radius 1 is 0.500 bits per heavy atom. The quantitative estimate of drug-likeness (QED) is 0.119. The van der Waals surface area contributed by atoms with Gasteiger partial charge in [-0.25, -0.2) is 4.79 Å². The fourth-order valence-corrected chi connectivity index (χ4v) is 7.66. The van der Waals surface area contributed by atoms with E-state index in [0.717, 1.165) is 22.3 Å². The molecule has 6 heteroatoms. The van der Waals surface area contributed by atoms with Gasteiger partial charge in [0.1, 0.15) is 23.0 Å². The number of carbonyl (C=O) groups excluding carboxylic acids is 1. The molecule has 0 saturated heterocycles. The molecular formula is C52H59NO5. The molecular weight excluding hydrogens is 719 g/mol. The number of ether oxygens (including phenoxy) is 1. The van der Waals surface area contributed by atoms with Crippen LogP contribution in [0.25, 0.3) is 0 Å². The fraction of sp³-hybridized carbons (Fsp3) is 0.385. The predicted molar refractivity (Wildman–Crippen MR) is 233 cm³/mol. The Hall–Kier alpha value is -5.54. The Balaban J connectivity index is 1.72. The van der Waals surface area contributed by atoms with Gasteiger partial charge in [-0.1, -0.05) is 138 Å². The van der Waals surface area contributed by atoms with E-state index in [4.69, 9.17) is 4.74 Å². The number of fused-ring (bicyclic) bond motifs is 8. The molecule has 0 aliphatic heterocycles. The first-order valence-corrected chi connectivity index (χ1v) is 20.3. The minimum atomic E-state index is -0.608.